The van der Waals surface area contributed by atoms with Crippen LogP contribution in [0.4, 0.5) is 10.1 Å². The Balaban J connectivity index is 0.978. The number of hydrogen-bond acceptors (Lipinski definition) is 15. The Kier molecular flexibility index (Phi) is 19.8. The molecule has 0 aliphatic carbocycles. The molecule has 19 heteroatoms. The molecule has 6 aromatic rings. The van der Waals surface area contributed by atoms with Gasteiger partial charge in [0.2, 0.25) is 5.88 Å². The number of esters is 3. The zero-order valence-electron chi connectivity index (χ0n) is 43.4. The maximum absolute atomic E-state index is 14.4. The van der Waals surface area contributed by atoms with E-state index < -0.39 is 60.7 Å². The van der Waals surface area contributed by atoms with Crippen LogP contribution in [-0.4, -0.2) is 77.2 Å². The van der Waals surface area contributed by atoms with Crippen molar-refractivity contribution in [3.63, 3.8) is 0 Å². The summed E-state index contributed by atoms with van der Waals surface area (Å²) in [5.41, 5.74) is 5.38. The van der Waals surface area contributed by atoms with Crippen LogP contribution in [0.1, 0.15) is 98.9 Å². The van der Waals surface area contributed by atoms with E-state index >= 15 is 0 Å². The van der Waals surface area contributed by atoms with Gasteiger partial charge in [-0.25, -0.2) is 18.8 Å². The lowest BCUT2D eigenvalue weighted by atomic mass is 9.81. The zero-order valence-corrected chi connectivity index (χ0v) is 44.1. The van der Waals surface area contributed by atoms with Crippen LogP contribution < -0.4 is 21.8 Å². The molecular weight excluding hydrogens is 1020 g/mol. The number of aliphatic hydroxyl groups excluding tert-OH is 2. The zero-order chi connectivity index (χ0) is 55.2. The molecule has 2 aromatic heterocycles. The molecule has 406 valence electrons. The monoisotopic (exact) mass is 1080 g/mol. The van der Waals surface area contributed by atoms with Crippen LogP contribution >= 0.6 is 11.6 Å². The number of ether oxygens (including phenoxy) is 4. The number of nitrogens with zero attached hydrogens (tertiary/aromatic N) is 1. The third kappa shape index (κ3) is 14.2. The highest BCUT2D eigenvalue weighted by Crippen LogP contribution is 2.44. The van der Waals surface area contributed by atoms with Gasteiger partial charge in [0.1, 0.15) is 18.0 Å². The molecule has 1 aliphatic heterocycles. The second-order valence-corrected chi connectivity index (χ2v) is 18.7. The SMILES string of the molecule is CCOC(=O)C1=C(C)NC(OCCNCc2oc(=O)oc2COC(=O)C[C@H](O)C[C@H](O)CCn2c(-c3ccc(F)cc3)c(-c3ccccc3)c(C(=O)Nc3ccccc3)c2C(C)C)=C(C(=O)OCC)C1c1ccccc1Cl. The van der Waals surface area contributed by atoms with E-state index in [-0.39, 0.29) is 92.7 Å². The molecule has 3 atom stereocenters. The van der Waals surface area contributed by atoms with Crippen molar-refractivity contribution in [2.45, 2.75) is 97.6 Å². The predicted molar refractivity (Wildman–Crippen MR) is 285 cm³/mol. The first-order valence-corrected chi connectivity index (χ1v) is 25.7. The van der Waals surface area contributed by atoms with Gasteiger partial charge in [-0.3, -0.25) is 9.59 Å². The molecule has 17 nitrogen and oxygen atoms in total. The van der Waals surface area contributed by atoms with Gasteiger partial charge < -0.3 is 58.5 Å². The lowest BCUT2D eigenvalue weighted by Crippen LogP contribution is -2.35. The third-order valence-corrected chi connectivity index (χ3v) is 12.9. The molecular formula is C58H62ClFN4O13. The number of amides is 1. The number of dihydropyridines is 1. The van der Waals surface area contributed by atoms with Gasteiger partial charge in [0.05, 0.1) is 61.1 Å². The molecule has 1 unspecified atom stereocenters. The standard InChI is InChI=1S/C58H62ClFN4O13/c1-6-72-56(69)47-35(5)62-55(51(57(70)73-7-2)49(47)42-20-14-15-21-43(42)59)74-29-27-61-32-44-45(77-58(71)76-44)33-75-46(67)31-41(66)30-40(65)26-28-64-52(34(3)4)50(54(68)63-39-18-12-9-13-19-39)48(36-16-10-8-11-17-36)53(64)37-22-24-38(60)25-23-37/h8-25,34,40-41,49,61-62,65-66H,6-7,26-33H2,1-5H3,(H,63,68)/t40-,41-,49?/m1/s1. The van der Waals surface area contributed by atoms with Gasteiger partial charge in [-0.15, -0.1) is 0 Å². The van der Waals surface area contributed by atoms with Gasteiger partial charge in [0.25, 0.3) is 5.91 Å². The largest absolute Gasteiger partial charge is 0.519 e. The number of aliphatic hydroxyl groups is 2. The highest BCUT2D eigenvalue weighted by atomic mass is 35.5. The summed E-state index contributed by atoms with van der Waals surface area (Å²) in [4.78, 5) is 66.6. The summed E-state index contributed by atoms with van der Waals surface area (Å²) < 4.78 is 48.9. The first kappa shape index (κ1) is 56.9. The van der Waals surface area contributed by atoms with E-state index in [4.69, 9.17) is 39.4 Å². The molecule has 0 bridgehead atoms. The van der Waals surface area contributed by atoms with Crippen LogP contribution in [0.15, 0.2) is 146 Å². The average molecular weight is 1080 g/mol. The molecule has 1 aliphatic rings. The summed E-state index contributed by atoms with van der Waals surface area (Å²) in [5, 5.41) is 31.8. The third-order valence-electron chi connectivity index (χ3n) is 12.6. The average Bonchev–Trinajstić information content (AvgIpc) is 3.95. The normalized spacial score (nSPS) is 14.2. The van der Waals surface area contributed by atoms with Crippen LogP contribution in [0.2, 0.25) is 5.02 Å². The summed E-state index contributed by atoms with van der Waals surface area (Å²) in [5.74, 6) is -5.27. The second-order valence-electron chi connectivity index (χ2n) is 18.3. The van der Waals surface area contributed by atoms with Crippen molar-refractivity contribution in [1.29, 1.82) is 0 Å². The van der Waals surface area contributed by atoms with Crippen molar-refractivity contribution in [2.75, 3.05) is 31.7 Å². The van der Waals surface area contributed by atoms with Crippen LogP contribution in [0.3, 0.4) is 0 Å². The van der Waals surface area contributed by atoms with Gasteiger partial charge in [0.15, 0.2) is 18.1 Å². The summed E-state index contributed by atoms with van der Waals surface area (Å²) in [6.45, 7) is 8.71. The fourth-order valence-electron chi connectivity index (χ4n) is 9.24. The maximum Gasteiger partial charge on any atom is 0.519 e. The fraction of sp³-hybridized carbons (Fsp3) is 0.328. The number of benzene rings is 4. The Morgan fingerprint density at radius 3 is 2.10 bits per heavy atom. The number of allylic oxidation sites excluding steroid dienone is 1. The molecule has 4 aromatic carbocycles. The van der Waals surface area contributed by atoms with Gasteiger partial charge in [-0.2, -0.15) is 0 Å². The lowest BCUT2D eigenvalue weighted by Gasteiger charge is -2.31. The number of nitrogens with one attached hydrogen (secondary N) is 3. The van der Waals surface area contributed by atoms with Gasteiger partial charge in [0, 0.05) is 40.8 Å². The van der Waals surface area contributed by atoms with Crippen molar-refractivity contribution in [3.8, 4) is 22.4 Å². The van der Waals surface area contributed by atoms with E-state index in [1.54, 1.807) is 69.3 Å². The van der Waals surface area contributed by atoms with Crippen LogP contribution in [0.5, 0.6) is 0 Å². The summed E-state index contributed by atoms with van der Waals surface area (Å²) in [6, 6.07) is 31.3. The number of halogens is 2. The smallest absolute Gasteiger partial charge is 0.477 e. The highest BCUT2D eigenvalue weighted by molar-refractivity contribution is 6.31. The van der Waals surface area contributed by atoms with Crippen molar-refractivity contribution in [1.82, 2.24) is 15.2 Å². The Bertz CT molecular complexity index is 3150. The van der Waals surface area contributed by atoms with E-state index in [0.717, 1.165) is 5.56 Å². The minimum absolute atomic E-state index is 0.00516. The van der Waals surface area contributed by atoms with E-state index in [0.29, 0.717) is 50.0 Å². The molecule has 0 saturated heterocycles. The summed E-state index contributed by atoms with van der Waals surface area (Å²) in [7, 11) is 0. The quantitative estimate of drug-likeness (QED) is 0.0204. The molecule has 0 spiro atoms. The number of rotatable bonds is 25. The van der Waals surface area contributed by atoms with Crippen molar-refractivity contribution in [3.05, 3.63) is 182 Å². The Labute approximate surface area is 449 Å². The topological polar surface area (TPSA) is 230 Å². The minimum atomic E-state index is -1.33. The molecule has 5 N–H and O–H groups in total. The second kappa shape index (κ2) is 26.8. The van der Waals surface area contributed by atoms with E-state index in [9.17, 15) is 38.6 Å². The Hall–Kier alpha value is -7.77. The van der Waals surface area contributed by atoms with E-state index in [2.05, 4.69) is 16.0 Å². The number of para-hydroxylation sites is 1. The Morgan fingerprint density at radius 1 is 0.805 bits per heavy atom. The molecule has 1 amide bonds. The van der Waals surface area contributed by atoms with Gasteiger partial charge >= 0.3 is 23.7 Å². The van der Waals surface area contributed by atoms with Gasteiger partial charge in [-0.05, 0) is 98.7 Å². The molecule has 0 saturated carbocycles. The molecule has 0 radical (unpaired) electrons. The number of carbonyl (C=O) groups excluding carboxylic acids is 4. The van der Waals surface area contributed by atoms with Crippen molar-refractivity contribution in [2.24, 2.45) is 0 Å². The minimum Gasteiger partial charge on any atom is -0.477 e. The number of anilines is 1. The first-order valence-electron chi connectivity index (χ1n) is 25.3. The molecule has 0 fully saturated rings. The number of hydrogen-bond donors (Lipinski definition) is 5. The van der Waals surface area contributed by atoms with Crippen LogP contribution in [-0.2, 0) is 53.0 Å². The fourth-order valence-corrected chi connectivity index (χ4v) is 9.48. The summed E-state index contributed by atoms with van der Waals surface area (Å²) >= 11 is 6.62. The maximum atomic E-state index is 14.4. The van der Waals surface area contributed by atoms with E-state index in [1.807, 2.05) is 66.9 Å². The Morgan fingerprint density at radius 2 is 1.44 bits per heavy atom. The molecule has 3 heterocycles. The number of carbonyl (C=O) groups is 4. The lowest BCUT2D eigenvalue weighted by molar-refractivity contribution is -0.148. The molecule has 77 heavy (non-hydrogen) atoms. The first-order chi connectivity index (χ1) is 37.1. The molecule has 7 rings (SSSR count). The van der Waals surface area contributed by atoms with Gasteiger partial charge in [-0.1, -0.05) is 92.2 Å². The summed E-state index contributed by atoms with van der Waals surface area (Å²) in [6.07, 6.45) is -3.06. The van der Waals surface area contributed by atoms with Crippen LogP contribution in [0.25, 0.3) is 22.4 Å². The van der Waals surface area contributed by atoms with Crippen molar-refractivity contribution < 1.29 is 61.6 Å². The van der Waals surface area contributed by atoms with E-state index in [1.165, 1.54) is 12.1 Å². The predicted octanol–water partition coefficient (Wildman–Crippen LogP) is 9.28. The van der Waals surface area contributed by atoms with Crippen LogP contribution in [0, 0.1) is 5.82 Å². The highest BCUT2D eigenvalue weighted by Gasteiger charge is 2.41. The number of aromatic nitrogens is 1. The van der Waals surface area contributed by atoms with Crippen molar-refractivity contribution >= 4 is 41.1 Å².